The summed E-state index contributed by atoms with van der Waals surface area (Å²) in [6.07, 6.45) is 4.18. The summed E-state index contributed by atoms with van der Waals surface area (Å²) >= 11 is 0. The Hall–Kier alpha value is -2.62. The Balaban J connectivity index is 2.14. The van der Waals surface area contributed by atoms with E-state index in [0.717, 1.165) is 28.8 Å². The molecule has 98 valence electrons. The smallest absolute Gasteiger partial charge is 0.203 e. The molecule has 2 aromatic rings. The summed E-state index contributed by atoms with van der Waals surface area (Å²) in [6.45, 7) is 1.71. The van der Waals surface area contributed by atoms with Gasteiger partial charge in [-0.15, -0.1) is 0 Å². The molecule has 1 aromatic carbocycles. The van der Waals surface area contributed by atoms with E-state index < -0.39 is 5.66 Å². The van der Waals surface area contributed by atoms with E-state index in [-0.39, 0.29) is 0 Å². The van der Waals surface area contributed by atoms with E-state index in [4.69, 9.17) is 0 Å². The summed E-state index contributed by atoms with van der Waals surface area (Å²) in [5.74, 6) is 0. The minimum Gasteiger partial charge on any atom is -0.298 e. The maximum Gasteiger partial charge on any atom is 0.203 e. The molecule has 1 unspecified atom stereocenters. The number of hydrogen-bond donors (Lipinski definition) is 0. The number of hydrogen-bond acceptors (Lipinski definition) is 4. The van der Waals surface area contributed by atoms with Gasteiger partial charge in [0.25, 0.3) is 0 Å². The fraction of sp³-hybridized carbons (Fsp3) is 0.125. The van der Waals surface area contributed by atoms with Gasteiger partial charge in [-0.1, -0.05) is 30.3 Å². The Labute approximate surface area is 116 Å². The molecule has 1 aliphatic rings. The first-order chi connectivity index (χ1) is 9.72. The predicted octanol–water partition coefficient (Wildman–Crippen LogP) is 2.29. The Kier molecular flexibility index (Phi) is 2.99. The van der Waals surface area contributed by atoms with Crippen LogP contribution in [0.2, 0.25) is 0 Å². The second-order valence-electron chi connectivity index (χ2n) is 4.73. The standard InChI is InChI=1S/C16H13N3O/c1-16(11-20)18-14(12-5-3-2-4-6-12)15(19-16)13-7-9-17-10-8-13/h2-11H,1H3. The average molecular weight is 263 g/mol. The number of aromatic nitrogens is 1. The van der Waals surface area contributed by atoms with Crippen molar-refractivity contribution in [3.05, 3.63) is 66.0 Å². The van der Waals surface area contributed by atoms with Crippen molar-refractivity contribution >= 4 is 17.7 Å². The van der Waals surface area contributed by atoms with Crippen LogP contribution in [0.3, 0.4) is 0 Å². The summed E-state index contributed by atoms with van der Waals surface area (Å²) in [7, 11) is 0. The number of carbonyl (C=O) groups excluding carboxylic acids is 1. The molecule has 3 rings (SSSR count). The zero-order valence-corrected chi connectivity index (χ0v) is 11.0. The third-order valence-electron chi connectivity index (χ3n) is 3.12. The molecule has 1 atom stereocenters. The summed E-state index contributed by atoms with van der Waals surface area (Å²) in [5.41, 5.74) is 2.30. The highest BCUT2D eigenvalue weighted by atomic mass is 16.1. The van der Waals surface area contributed by atoms with E-state index >= 15 is 0 Å². The molecular weight excluding hydrogens is 250 g/mol. The highest BCUT2D eigenvalue weighted by molar-refractivity contribution is 6.54. The van der Waals surface area contributed by atoms with Gasteiger partial charge in [-0.05, 0) is 19.1 Å². The SMILES string of the molecule is CC1(C=O)N=C(c2ccccc2)C(c2ccncc2)=N1. The van der Waals surface area contributed by atoms with Gasteiger partial charge in [-0.25, -0.2) is 9.98 Å². The average Bonchev–Trinajstić information content (AvgIpc) is 2.88. The summed E-state index contributed by atoms with van der Waals surface area (Å²) in [5, 5.41) is 0. The Morgan fingerprint density at radius 3 is 2.00 bits per heavy atom. The van der Waals surface area contributed by atoms with Crippen LogP contribution in [0.15, 0.2) is 64.8 Å². The quantitative estimate of drug-likeness (QED) is 0.798. The van der Waals surface area contributed by atoms with Gasteiger partial charge in [0.2, 0.25) is 5.66 Å². The van der Waals surface area contributed by atoms with Crippen molar-refractivity contribution in [2.75, 3.05) is 0 Å². The number of aldehydes is 1. The maximum atomic E-state index is 11.3. The van der Waals surface area contributed by atoms with Crippen molar-refractivity contribution in [1.29, 1.82) is 0 Å². The first kappa shape index (κ1) is 12.4. The van der Waals surface area contributed by atoms with Crippen molar-refractivity contribution in [3.63, 3.8) is 0 Å². The third kappa shape index (κ3) is 2.16. The van der Waals surface area contributed by atoms with Gasteiger partial charge >= 0.3 is 0 Å². The lowest BCUT2D eigenvalue weighted by atomic mass is 10.0. The van der Waals surface area contributed by atoms with Crippen molar-refractivity contribution in [3.8, 4) is 0 Å². The van der Waals surface area contributed by atoms with Crippen LogP contribution in [0.1, 0.15) is 18.1 Å². The van der Waals surface area contributed by atoms with Crippen LogP contribution in [-0.2, 0) is 4.79 Å². The van der Waals surface area contributed by atoms with E-state index in [9.17, 15) is 4.79 Å². The monoisotopic (exact) mass is 263 g/mol. The fourth-order valence-electron chi connectivity index (χ4n) is 2.14. The van der Waals surface area contributed by atoms with E-state index in [1.54, 1.807) is 19.3 Å². The molecule has 0 spiro atoms. The topological polar surface area (TPSA) is 54.7 Å². The molecule has 0 bridgehead atoms. The molecule has 4 heteroatoms. The third-order valence-corrected chi connectivity index (χ3v) is 3.12. The molecule has 0 amide bonds. The van der Waals surface area contributed by atoms with E-state index in [1.165, 1.54) is 0 Å². The maximum absolute atomic E-state index is 11.3. The summed E-state index contributed by atoms with van der Waals surface area (Å²) in [6, 6.07) is 13.5. The molecule has 0 aliphatic carbocycles. The lowest BCUT2D eigenvalue weighted by Crippen LogP contribution is -2.17. The van der Waals surface area contributed by atoms with Gasteiger partial charge < -0.3 is 0 Å². The van der Waals surface area contributed by atoms with E-state index in [2.05, 4.69) is 15.0 Å². The molecule has 0 fully saturated rings. The minimum absolute atomic E-state index is 0.730. The zero-order chi connectivity index (χ0) is 14.0. The van der Waals surface area contributed by atoms with Gasteiger partial charge in [0.1, 0.15) is 0 Å². The van der Waals surface area contributed by atoms with E-state index in [1.807, 2.05) is 42.5 Å². The molecule has 1 aromatic heterocycles. The molecule has 4 nitrogen and oxygen atoms in total. The number of aliphatic imine (C=N–C) groups is 2. The lowest BCUT2D eigenvalue weighted by molar-refractivity contribution is -0.111. The Morgan fingerprint density at radius 1 is 0.900 bits per heavy atom. The van der Waals surface area contributed by atoms with Crippen LogP contribution >= 0.6 is 0 Å². The molecule has 0 N–H and O–H groups in total. The zero-order valence-electron chi connectivity index (χ0n) is 11.0. The number of rotatable bonds is 3. The highest BCUT2D eigenvalue weighted by Gasteiger charge is 2.32. The van der Waals surface area contributed by atoms with Gasteiger partial charge in [-0.3, -0.25) is 9.78 Å². The highest BCUT2D eigenvalue weighted by Crippen LogP contribution is 2.23. The van der Waals surface area contributed by atoms with Crippen molar-refractivity contribution in [2.24, 2.45) is 9.98 Å². The van der Waals surface area contributed by atoms with Crippen LogP contribution < -0.4 is 0 Å². The lowest BCUT2D eigenvalue weighted by Gasteiger charge is -2.05. The van der Waals surface area contributed by atoms with E-state index in [0.29, 0.717) is 0 Å². The summed E-state index contributed by atoms with van der Waals surface area (Å²) < 4.78 is 0. The Bertz CT molecular complexity index is 635. The molecule has 2 heterocycles. The first-order valence-electron chi connectivity index (χ1n) is 6.34. The van der Waals surface area contributed by atoms with Gasteiger partial charge in [0, 0.05) is 23.5 Å². The van der Waals surface area contributed by atoms with Gasteiger partial charge in [0.15, 0.2) is 6.29 Å². The largest absolute Gasteiger partial charge is 0.298 e. The second-order valence-corrected chi connectivity index (χ2v) is 4.73. The molecule has 0 saturated carbocycles. The summed E-state index contributed by atoms with van der Waals surface area (Å²) in [4.78, 5) is 24.2. The number of nitrogens with zero attached hydrogens (tertiary/aromatic N) is 3. The van der Waals surface area contributed by atoms with Gasteiger partial charge in [-0.2, -0.15) is 0 Å². The number of benzene rings is 1. The molecule has 0 saturated heterocycles. The van der Waals surface area contributed by atoms with Crippen molar-refractivity contribution in [1.82, 2.24) is 4.98 Å². The van der Waals surface area contributed by atoms with Crippen molar-refractivity contribution in [2.45, 2.75) is 12.6 Å². The molecule has 20 heavy (non-hydrogen) atoms. The second kappa shape index (κ2) is 4.81. The molecule has 1 aliphatic heterocycles. The number of pyridine rings is 1. The number of carbonyl (C=O) groups is 1. The van der Waals surface area contributed by atoms with Gasteiger partial charge in [0.05, 0.1) is 11.4 Å². The van der Waals surface area contributed by atoms with Crippen LogP contribution in [0, 0.1) is 0 Å². The first-order valence-corrected chi connectivity index (χ1v) is 6.34. The van der Waals surface area contributed by atoms with Crippen LogP contribution in [-0.4, -0.2) is 28.4 Å². The fourth-order valence-corrected chi connectivity index (χ4v) is 2.14. The van der Waals surface area contributed by atoms with Crippen LogP contribution in [0.4, 0.5) is 0 Å². The molecular formula is C16H13N3O. The predicted molar refractivity (Wildman–Crippen MR) is 78.2 cm³/mol. The minimum atomic E-state index is -1.04. The Morgan fingerprint density at radius 2 is 1.45 bits per heavy atom. The molecule has 0 radical (unpaired) electrons. The van der Waals surface area contributed by atoms with Crippen LogP contribution in [0.25, 0.3) is 0 Å². The normalized spacial score (nSPS) is 21.2. The van der Waals surface area contributed by atoms with Crippen LogP contribution in [0.5, 0.6) is 0 Å². The van der Waals surface area contributed by atoms with Crippen molar-refractivity contribution < 1.29 is 4.79 Å².